The number of carbonyl (C=O) groups is 3. The molecule has 0 saturated carbocycles. The monoisotopic (exact) mass is 461 g/mol. The van der Waals surface area contributed by atoms with Crippen LogP contribution in [0.25, 0.3) is 6.08 Å². The van der Waals surface area contributed by atoms with Crippen molar-refractivity contribution in [2.45, 2.75) is 6.42 Å². The first-order chi connectivity index (χ1) is 13.8. The molecule has 0 fully saturated rings. The van der Waals surface area contributed by atoms with Gasteiger partial charge in [0.1, 0.15) is 5.70 Å². The van der Waals surface area contributed by atoms with E-state index in [9.17, 15) is 24.5 Å². The fraction of sp³-hybridized carbons (Fsp3) is 0.105. The Morgan fingerprint density at radius 3 is 2.52 bits per heavy atom. The van der Waals surface area contributed by atoms with Gasteiger partial charge in [0, 0.05) is 23.2 Å². The smallest absolute Gasteiger partial charge is 0.305 e. The van der Waals surface area contributed by atoms with Gasteiger partial charge < -0.3 is 15.7 Å². The van der Waals surface area contributed by atoms with Crippen LogP contribution in [0.15, 0.2) is 58.7 Å². The summed E-state index contributed by atoms with van der Waals surface area (Å²) in [5.74, 6) is -2.40. The first-order valence-corrected chi connectivity index (χ1v) is 9.09. The topological polar surface area (TPSA) is 139 Å². The van der Waals surface area contributed by atoms with Gasteiger partial charge in [-0.2, -0.15) is 0 Å². The zero-order valence-electron chi connectivity index (χ0n) is 14.9. The lowest BCUT2D eigenvalue weighted by atomic mass is 10.1. The largest absolute Gasteiger partial charge is 0.481 e. The van der Waals surface area contributed by atoms with Crippen LogP contribution in [0.4, 0.5) is 5.69 Å². The number of rotatable bonds is 8. The molecule has 2 rings (SSSR count). The highest BCUT2D eigenvalue weighted by Gasteiger charge is 2.17. The van der Waals surface area contributed by atoms with Crippen molar-refractivity contribution in [3.8, 4) is 0 Å². The summed E-state index contributed by atoms with van der Waals surface area (Å²) in [5, 5.41) is 24.5. The molecule has 2 amide bonds. The standard InChI is InChI=1S/C19H16BrN3O6/c20-15-7-2-1-6-14(15)18(26)22-16(19(27)21-9-8-17(24)25)11-12-4-3-5-13(10-12)23(28)29/h1-7,10-11H,8-9H2,(H,21,27)(H,22,26)(H,24,25)/b16-11+. The van der Waals surface area contributed by atoms with Crippen LogP contribution < -0.4 is 10.6 Å². The van der Waals surface area contributed by atoms with Gasteiger partial charge in [0.15, 0.2) is 0 Å². The number of nitrogens with zero attached hydrogens (tertiary/aromatic N) is 1. The minimum absolute atomic E-state index is 0.147. The number of halogens is 1. The summed E-state index contributed by atoms with van der Waals surface area (Å²) in [6, 6.07) is 12.1. The Hall–Kier alpha value is -3.53. The maximum atomic E-state index is 12.6. The first kappa shape index (κ1) is 21.8. The van der Waals surface area contributed by atoms with Gasteiger partial charge in [-0.15, -0.1) is 0 Å². The Balaban J connectivity index is 2.32. The average molecular weight is 462 g/mol. The molecular formula is C19H16BrN3O6. The molecule has 29 heavy (non-hydrogen) atoms. The molecule has 2 aromatic carbocycles. The van der Waals surface area contributed by atoms with Crippen molar-refractivity contribution in [1.82, 2.24) is 10.6 Å². The Kier molecular flexibility index (Phi) is 7.61. The number of hydrogen-bond donors (Lipinski definition) is 3. The molecule has 0 radical (unpaired) electrons. The van der Waals surface area contributed by atoms with E-state index in [1.54, 1.807) is 24.3 Å². The SMILES string of the molecule is O=C(O)CCNC(=O)/C(=C\c1cccc([N+](=O)[O-])c1)NC(=O)c1ccccc1Br. The summed E-state index contributed by atoms with van der Waals surface area (Å²) in [5.41, 5.74) is 0.226. The van der Waals surface area contributed by atoms with Crippen molar-refractivity contribution in [3.05, 3.63) is 79.9 Å². The highest BCUT2D eigenvalue weighted by atomic mass is 79.9. The van der Waals surface area contributed by atoms with E-state index in [2.05, 4.69) is 26.6 Å². The third kappa shape index (κ3) is 6.54. The van der Waals surface area contributed by atoms with Crippen molar-refractivity contribution in [2.24, 2.45) is 0 Å². The molecule has 0 spiro atoms. The van der Waals surface area contributed by atoms with Gasteiger partial charge in [-0.05, 0) is 39.7 Å². The van der Waals surface area contributed by atoms with Gasteiger partial charge in [-0.25, -0.2) is 0 Å². The number of carbonyl (C=O) groups excluding carboxylic acids is 2. The zero-order valence-corrected chi connectivity index (χ0v) is 16.5. The summed E-state index contributed by atoms with van der Waals surface area (Å²) >= 11 is 3.25. The van der Waals surface area contributed by atoms with E-state index in [1.807, 2.05) is 0 Å². The van der Waals surface area contributed by atoms with E-state index in [0.29, 0.717) is 10.0 Å². The van der Waals surface area contributed by atoms with Crippen LogP contribution in [-0.2, 0) is 9.59 Å². The summed E-state index contributed by atoms with van der Waals surface area (Å²) < 4.78 is 0.512. The summed E-state index contributed by atoms with van der Waals surface area (Å²) in [7, 11) is 0. The second-order valence-electron chi connectivity index (χ2n) is 5.74. The number of aliphatic carboxylic acids is 1. The number of amides is 2. The van der Waals surface area contributed by atoms with E-state index < -0.39 is 22.7 Å². The van der Waals surface area contributed by atoms with Gasteiger partial charge in [-0.3, -0.25) is 24.5 Å². The lowest BCUT2D eigenvalue weighted by Crippen LogP contribution is -2.35. The van der Waals surface area contributed by atoms with Gasteiger partial charge in [0.2, 0.25) is 0 Å². The Bertz CT molecular complexity index is 989. The van der Waals surface area contributed by atoms with E-state index in [0.717, 1.165) is 0 Å². The number of benzene rings is 2. The lowest BCUT2D eigenvalue weighted by Gasteiger charge is -2.11. The molecule has 3 N–H and O–H groups in total. The van der Waals surface area contributed by atoms with Gasteiger partial charge in [0.05, 0.1) is 16.9 Å². The predicted octanol–water partition coefficient (Wildman–Crippen LogP) is 2.72. The lowest BCUT2D eigenvalue weighted by molar-refractivity contribution is -0.384. The number of hydrogen-bond acceptors (Lipinski definition) is 5. The average Bonchev–Trinajstić information content (AvgIpc) is 2.67. The van der Waals surface area contributed by atoms with Crippen LogP contribution in [0.2, 0.25) is 0 Å². The molecule has 9 nitrogen and oxygen atoms in total. The number of nitrogens with one attached hydrogen (secondary N) is 2. The van der Waals surface area contributed by atoms with Crippen LogP contribution in [0.5, 0.6) is 0 Å². The summed E-state index contributed by atoms with van der Waals surface area (Å²) in [4.78, 5) is 46.0. The second-order valence-corrected chi connectivity index (χ2v) is 6.60. The fourth-order valence-electron chi connectivity index (χ4n) is 2.27. The van der Waals surface area contributed by atoms with Crippen LogP contribution in [0, 0.1) is 10.1 Å². The van der Waals surface area contributed by atoms with Crippen LogP contribution in [-0.4, -0.2) is 34.4 Å². The van der Waals surface area contributed by atoms with Crippen LogP contribution in [0.1, 0.15) is 22.3 Å². The number of nitro benzene ring substituents is 1. The Labute approximate surface area is 173 Å². The summed E-state index contributed by atoms with van der Waals surface area (Å²) in [6.45, 7) is -0.147. The fourth-order valence-corrected chi connectivity index (χ4v) is 2.73. The van der Waals surface area contributed by atoms with Crippen molar-refractivity contribution < 1.29 is 24.4 Å². The minimum Gasteiger partial charge on any atom is -0.481 e. The van der Waals surface area contributed by atoms with Gasteiger partial charge >= 0.3 is 5.97 Å². The molecule has 10 heteroatoms. The Morgan fingerprint density at radius 2 is 1.86 bits per heavy atom. The number of carboxylic acid groups (broad SMARTS) is 1. The molecule has 0 aliphatic heterocycles. The first-order valence-electron chi connectivity index (χ1n) is 8.30. The quantitative estimate of drug-likeness (QED) is 0.313. The molecule has 0 heterocycles. The molecule has 0 saturated heterocycles. The van der Waals surface area contributed by atoms with Gasteiger partial charge in [0.25, 0.3) is 17.5 Å². The maximum Gasteiger partial charge on any atom is 0.305 e. The minimum atomic E-state index is -1.09. The molecule has 0 unspecified atom stereocenters. The van der Waals surface area contributed by atoms with Gasteiger partial charge in [-0.1, -0.05) is 24.3 Å². The molecule has 150 valence electrons. The van der Waals surface area contributed by atoms with E-state index in [4.69, 9.17) is 5.11 Å². The number of nitro groups is 1. The van der Waals surface area contributed by atoms with Crippen molar-refractivity contribution in [3.63, 3.8) is 0 Å². The molecule has 0 aliphatic rings. The normalized spacial score (nSPS) is 10.9. The number of non-ortho nitro benzene ring substituents is 1. The highest BCUT2D eigenvalue weighted by Crippen LogP contribution is 2.18. The van der Waals surface area contributed by atoms with Crippen molar-refractivity contribution >= 4 is 45.5 Å². The molecular weight excluding hydrogens is 446 g/mol. The third-order valence-electron chi connectivity index (χ3n) is 3.63. The molecule has 0 aromatic heterocycles. The van der Waals surface area contributed by atoms with E-state index >= 15 is 0 Å². The zero-order chi connectivity index (χ0) is 21.4. The molecule has 0 aliphatic carbocycles. The maximum absolute atomic E-state index is 12.6. The highest BCUT2D eigenvalue weighted by molar-refractivity contribution is 9.10. The summed E-state index contributed by atoms with van der Waals surface area (Å²) in [6.07, 6.45) is 0.978. The van der Waals surface area contributed by atoms with Crippen LogP contribution >= 0.6 is 15.9 Å². The Morgan fingerprint density at radius 1 is 1.14 bits per heavy atom. The molecule has 2 aromatic rings. The third-order valence-corrected chi connectivity index (χ3v) is 4.32. The molecule has 0 bridgehead atoms. The van der Waals surface area contributed by atoms with E-state index in [-0.39, 0.29) is 29.9 Å². The predicted molar refractivity (Wildman–Crippen MR) is 108 cm³/mol. The second kappa shape index (κ2) is 10.1. The van der Waals surface area contributed by atoms with Crippen molar-refractivity contribution in [1.29, 1.82) is 0 Å². The van der Waals surface area contributed by atoms with Crippen LogP contribution in [0.3, 0.4) is 0 Å². The van der Waals surface area contributed by atoms with E-state index in [1.165, 1.54) is 30.3 Å². The molecule has 0 atom stereocenters. The van der Waals surface area contributed by atoms with Crippen molar-refractivity contribution in [2.75, 3.05) is 6.54 Å². The number of carboxylic acids is 1.